The Morgan fingerprint density at radius 2 is 1.50 bits per heavy atom. The standard InChI is InChI=1S/C16H30N2O2/c1-3-4-5-6-7-8-9-10-11-12-14-18(15-13-17)16(19)20-2/h3-12,14-15H2,1-2H3. The van der Waals surface area contributed by atoms with Crippen molar-refractivity contribution in [2.45, 2.75) is 71.1 Å². The van der Waals surface area contributed by atoms with Crippen LogP contribution in [0.5, 0.6) is 0 Å². The second kappa shape index (κ2) is 14.2. The van der Waals surface area contributed by atoms with Crippen LogP contribution in [-0.2, 0) is 4.74 Å². The van der Waals surface area contributed by atoms with E-state index in [2.05, 4.69) is 11.7 Å². The summed E-state index contributed by atoms with van der Waals surface area (Å²) in [6, 6.07) is 1.99. The van der Waals surface area contributed by atoms with Gasteiger partial charge in [0.25, 0.3) is 0 Å². The van der Waals surface area contributed by atoms with Crippen molar-refractivity contribution in [1.29, 1.82) is 5.26 Å². The minimum absolute atomic E-state index is 0.115. The van der Waals surface area contributed by atoms with Gasteiger partial charge in [-0.3, -0.25) is 4.90 Å². The largest absolute Gasteiger partial charge is 0.453 e. The Bertz CT molecular complexity index is 274. The molecule has 4 heteroatoms. The molecule has 0 rings (SSSR count). The number of methoxy groups -OCH3 is 1. The Morgan fingerprint density at radius 3 is 1.95 bits per heavy atom. The quantitative estimate of drug-likeness (QED) is 0.391. The maximum absolute atomic E-state index is 11.3. The number of nitriles is 1. The van der Waals surface area contributed by atoms with Gasteiger partial charge >= 0.3 is 6.09 Å². The van der Waals surface area contributed by atoms with Crippen LogP contribution in [0, 0.1) is 11.3 Å². The number of hydrogen-bond acceptors (Lipinski definition) is 3. The first-order valence-corrected chi connectivity index (χ1v) is 7.96. The maximum atomic E-state index is 11.3. The first-order chi connectivity index (χ1) is 9.76. The average Bonchev–Trinajstić information content (AvgIpc) is 2.47. The number of nitrogens with zero attached hydrogens (tertiary/aromatic N) is 2. The van der Waals surface area contributed by atoms with E-state index >= 15 is 0 Å². The van der Waals surface area contributed by atoms with E-state index in [0.29, 0.717) is 6.54 Å². The Balaban J connectivity index is 3.41. The highest BCUT2D eigenvalue weighted by Crippen LogP contribution is 2.10. The number of unbranched alkanes of at least 4 members (excludes halogenated alkanes) is 9. The van der Waals surface area contributed by atoms with Crippen molar-refractivity contribution >= 4 is 6.09 Å². The summed E-state index contributed by atoms with van der Waals surface area (Å²) in [5.74, 6) is 0. The predicted octanol–water partition coefficient (Wildman–Crippen LogP) is 4.50. The normalized spacial score (nSPS) is 10.1. The van der Waals surface area contributed by atoms with Crippen LogP contribution in [0.3, 0.4) is 0 Å². The molecule has 0 aliphatic heterocycles. The lowest BCUT2D eigenvalue weighted by atomic mass is 10.1. The topological polar surface area (TPSA) is 53.3 Å². The Labute approximate surface area is 124 Å². The number of hydrogen-bond donors (Lipinski definition) is 0. The molecule has 4 nitrogen and oxygen atoms in total. The van der Waals surface area contributed by atoms with Gasteiger partial charge in [-0.1, -0.05) is 64.7 Å². The summed E-state index contributed by atoms with van der Waals surface area (Å²) in [5.41, 5.74) is 0. The zero-order chi connectivity index (χ0) is 15.1. The van der Waals surface area contributed by atoms with Crippen LogP contribution >= 0.6 is 0 Å². The SMILES string of the molecule is CCCCCCCCCCCCN(CC#N)C(=O)OC. The summed E-state index contributed by atoms with van der Waals surface area (Å²) >= 11 is 0. The van der Waals surface area contributed by atoms with Crippen molar-refractivity contribution in [2.24, 2.45) is 0 Å². The summed E-state index contributed by atoms with van der Waals surface area (Å²) < 4.78 is 4.64. The first kappa shape index (κ1) is 18.8. The minimum Gasteiger partial charge on any atom is -0.453 e. The summed E-state index contributed by atoms with van der Waals surface area (Å²) in [7, 11) is 1.35. The molecule has 0 fully saturated rings. The summed E-state index contributed by atoms with van der Waals surface area (Å²) in [5, 5.41) is 8.64. The molecule has 0 spiro atoms. The molecule has 0 radical (unpaired) electrons. The molecule has 0 aromatic heterocycles. The molecule has 0 saturated heterocycles. The van der Waals surface area contributed by atoms with Crippen molar-refractivity contribution in [2.75, 3.05) is 20.2 Å². The van der Waals surface area contributed by atoms with Gasteiger partial charge in [-0.25, -0.2) is 4.79 Å². The Kier molecular flexibility index (Phi) is 13.3. The minimum atomic E-state index is -0.400. The van der Waals surface area contributed by atoms with Crippen LogP contribution in [-0.4, -0.2) is 31.2 Å². The van der Waals surface area contributed by atoms with Gasteiger partial charge in [-0.15, -0.1) is 0 Å². The lowest BCUT2D eigenvalue weighted by Gasteiger charge is -2.17. The number of amides is 1. The van der Waals surface area contributed by atoms with Gasteiger partial charge in [0, 0.05) is 6.54 Å². The first-order valence-electron chi connectivity index (χ1n) is 7.96. The van der Waals surface area contributed by atoms with Gasteiger partial charge < -0.3 is 4.74 Å². The van der Waals surface area contributed by atoms with E-state index < -0.39 is 6.09 Å². The lowest BCUT2D eigenvalue weighted by Crippen LogP contribution is -2.32. The van der Waals surface area contributed by atoms with Crippen LogP contribution in [0.25, 0.3) is 0 Å². The second-order valence-corrected chi connectivity index (χ2v) is 5.23. The molecule has 1 amide bonds. The van der Waals surface area contributed by atoms with E-state index in [4.69, 9.17) is 5.26 Å². The van der Waals surface area contributed by atoms with Gasteiger partial charge in [-0.05, 0) is 6.42 Å². The van der Waals surface area contributed by atoms with Crippen molar-refractivity contribution in [3.05, 3.63) is 0 Å². The lowest BCUT2D eigenvalue weighted by molar-refractivity contribution is 0.128. The van der Waals surface area contributed by atoms with E-state index in [1.54, 1.807) is 0 Å². The fourth-order valence-corrected chi connectivity index (χ4v) is 2.24. The van der Waals surface area contributed by atoms with E-state index in [1.807, 2.05) is 6.07 Å². The third kappa shape index (κ3) is 10.7. The molecule has 0 aliphatic carbocycles. The van der Waals surface area contributed by atoms with E-state index in [9.17, 15) is 4.79 Å². The van der Waals surface area contributed by atoms with E-state index in [0.717, 1.165) is 12.8 Å². The van der Waals surface area contributed by atoms with Crippen molar-refractivity contribution < 1.29 is 9.53 Å². The molecule has 0 N–H and O–H groups in total. The fourth-order valence-electron chi connectivity index (χ4n) is 2.24. The zero-order valence-electron chi connectivity index (χ0n) is 13.2. The average molecular weight is 282 g/mol. The molecule has 0 unspecified atom stereocenters. The highest BCUT2D eigenvalue weighted by atomic mass is 16.5. The molecular weight excluding hydrogens is 252 g/mol. The number of carbonyl (C=O) groups excluding carboxylic acids is 1. The highest BCUT2D eigenvalue weighted by molar-refractivity contribution is 5.67. The van der Waals surface area contributed by atoms with Gasteiger partial charge in [0.2, 0.25) is 0 Å². The third-order valence-electron chi connectivity index (χ3n) is 3.48. The number of rotatable bonds is 12. The molecule has 20 heavy (non-hydrogen) atoms. The molecule has 0 bridgehead atoms. The van der Waals surface area contributed by atoms with Crippen LogP contribution in [0.4, 0.5) is 4.79 Å². The van der Waals surface area contributed by atoms with Gasteiger partial charge in [-0.2, -0.15) is 5.26 Å². The molecular formula is C16H30N2O2. The van der Waals surface area contributed by atoms with Crippen LogP contribution < -0.4 is 0 Å². The van der Waals surface area contributed by atoms with Crippen molar-refractivity contribution in [3.8, 4) is 6.07 Å². The van der Waals surface area contributed by atoms with Gasteiger partial charge in [0.15, 0.2) is 0 Å². The van der Waals surface area contributed by atoms with Gasteiger partial charge in [0.05, 0.1) is 13.2 Å². The van der Waals surface area contributed by atoms with Crippen molar-refractivity contribution in [3.63, 3.8) is 0 Å². The smallest absolute Gasteiger partial charge is 0.410 e. The molecule has 0 heterocycles. The highest BCUT2D eigenvalue weighted by Gasteiger charge is 2.11. The molecule has 0 aliphatic rings. The molecule has 116 valence electrons. The summed E-state index contributed by atoms with van der Waals surface area (Å²) in [4.78, 5) is 12.8. The number of ether oxygens (including phenoxy) is 1. The third-order valence-corrected chi connectivity index (χ3v) is 3.48. The van der Waals surface area contributed by atoms with E-state index in [-0.39, 0.29) is 6.54 Å². The number of carbonyl (C=O) groups is 1. The molecule has 0 aromatic rings. The monoisotopic (exact) mass is 282 g/mol. The molecule has 0 aromatic carbocycles. The van der Waals surface area contributed by atoms with E-state index in [1.165, 1.54) is 63.4 Å². The van der Waals surface area contributed by atoms with Crippen LogP contribution in [0.15, 0.2) is 0 Å². The fraction of sp³-hybridized carbons (Fsp3) is 0.875. The Morgan fingerprint density at radius 1 is 1.00 bits per heavy atom. The van der Waals surface area contributed by atoms with Crippen LogP contribution in [0.2, 0.25) is 0 Å². The second-order valence-electron chi connectivity index (χ2n) is 5.23. The summed E-state index contributed by atoms with van der Waals surface area (Å²) in [6.45, 7) is 2.98. The van der Waals surface area contributed by atoms with Crippen molar-refractivity contribution in [1.82, 2.24) is 4.90 Å². The van der Waals surface area contributed by atoms with Crippen LogP contribution in [0.1, 0.15) is 71.1 Å². The predicted molar refractivity (Wildman–Crippen MR) is 81.4 cm³/mol. The summed E-state index contributed by atoms with van der Waals surface area (Å²) in [6.07, 6.45) is 12.2. The molecule has 0 atom stereocenters. The maximum Gasteiger partial charge on any atom is 0.410 e. The molecule has 0 saturated carbocycles. The van der Waals surface area contributed by atoms with Gasteiger partial charge in [0.1, 0.15) is 6.54 Å². The Hall–Kier alpha value is -1.24. The zero-order valence-corrected chi connectivity index (χ0v) is 13.2.